The van der Waals surface area contributed by atoms with E-state index < -0.39 is 0 Å². The van der Waals surface area contributed by atoms with Crippen LogP contribution >= 0.6 is 0 Å². The summed E-state index contributed by atoms with van der Waals surface area (Å²) in [4.78, 5) is 32.5. The van der Waals surface area contributed by atoms with Gasteiger partial charge in [-0.1, -0.05) is 6.07 Å². The van der Waals surface area contributed by atoms with Crippen LogP contribution in [0.3, 0.4) is 0 Å². The van der Waals surface area contributed by atoms with E-state index in [1.807, 2.05) is 31.2 Å². The molecule has 3 N–H and O–H groups in total. The third-order valence-corrected chi connectivity index (χ3v) is 4.71. The predicted molar refractivity (Wildman–Crippen MR) is 110 cm³/mol. The molecule has 0 spiro atoms. The summed E-state index contributed by atoms with van der Waals surface area (Å²) in [5, 5.41) is 9.07. The molecular formula is C21H27N5O3. The van der Waals surface area contributed by atoms with Crippen molar-refractivity contribution in [1.82, 2.24) is 20.6 Å². The average Bonchev–Trinajstić information content (AvgIpc) is 2.68. The summed E-state index contributed by atoms with van der Waals surface area (Å²) in [5.74, 6) is 0.803. The van der Waals surface area contributed by atoms with Gasteiger partial charge in [-0.05, 0) is 50.8 Å². The fourth-order valence-corrected chi connectivity index (χ4v) is 3.50. The maximum Gasteiger partial charge on any atom is 0.270 e. The molecule has 1 aliphatic rings. The Bertz CT molecular complexity index is 858. The van der Waals surface area contributed by atoms with E-state index in [-0.39, 0.29) is 23.9 Å². The molecular weight excluding hydrogens is 370 g/mol. The molecule has 1 aliphatic carbocycles. The smallest absolute Gasteiger partial charge is 0.270 e. The van der Waals surface area contributed by atoms with Gasteiger partial charge in [0.05, 0.1) is 6.61 Å². The first kappa shape index (κ1) is 20.6. The third kappa shape index (κ3) is 6.17. The van der Waals surface area contributed by atoms with Gasteiger partial charge in [0.1, 0.15) is 11.4 Å². The molecule has 8 nitrogen and oxygen atoms in total. The number of nitrogens with zero attached hydrogens (tertiary/aromatic N) is 2. The number of rotatable bonds is 7. The zero-order valence-corrected chi connectivity index (χ0v) is 16.8. The lowest BCUT2D eigenvalue weighted by atomic mass is 9.91. The highest BCUT2D eigenvalue weighted by Crippen LogP contribution is 2.21. The van der Waals surface area contributed by atoms with Crippen LogP contribution in [0.5, 0.6) is 5.75 Å². The maximum absolute atomic E-state index is 12.6. The van der Waals surface area contributed by atoms with Gasteiger partial charge in [-0.25, -0.2) is 9.97 Å². The largest absolute Gasteiger partial charge is 0.494 e. The number of amides is 2. The molecule has 29 heavy (non-hydrogen) atoms. The fourth-order valence-electron chi connectivity index (χ4n) is 3.50. The molecule has 0 bridgehead atoms. The van der Waals surface area contributed by atoms with Gasteiger partial charge in [-0.3, -0.25) is 9.59 Å². The molecule has 2 atom stereocenters. The van der Waals surface area contributed by atoms with Gasteiger partial charge in [-0.15, -0.1) is 0 Å². The lowest BCUT2D eigenvalue weighted by Crippen LogP contribution is -2.45. The van der Waals surface area contributed by atoms with E-state index in [1.54, 1.807) is 12.3 Å². The summed E-state index contributed by atoms with van der Waals surface area (Å²) >= 11 is 0. The summed E-state index contributed by atoms with van der Waals surface area (Å²) in [6, 6.07) is 9.18. The Morgan fingerprint density at radius 3 is 2.72 bits per heavy atom. The van der Waals surface area contributed by atoms with Crippen LogP contribution in [0.1, 0.15) is 50.0 Å². The molecule has 8 heteroatoms. The second-order valence-corrected chi connectivity index (χ2v) is 7.09. The number of hydrogen-bond acceptors (Lipinski definition) is 6. The summed E-state index contributed by atoms with van der Waals surface area (Å²) in [7, 11) is 0. The van der Waals surface area contributed by atoms with Crippen molar-refractivity contribution >= 4 is 23.5 Å². The normalized spacial score (nSPS) is 18.6. The zero-order valence-electron chi connectivity index (χ0n) is 16.8. The summed E-state index contributed by atoms with van der Waals surface area (Å²) < 4.78 is 5.49. The minimum atomic E-state index is -0.244. The number of benzene rings is 1. The van der Waals surface area contributed by atoms with Gasteiger partial charge in [-0.2, -0.15) is 0 Å². The first-order valence-electron chi connectivity index (χ1n) is 9.94. The number of anilines is 2. The molecule has 1 heterocycles. The Balaban J connectivity index is 1.62. The van der Waals surface area contributed by atoms with Crippen LogP contribution in [0.15, 0.2) is 36.5 Å². The van der Waals surface area contributed by atoms with Crippen LogP contribution in [-0.2, 0) is 4.79 Å². The molecule has 0 saturated heterocycles. The first-order valence-corrected chi connectivity index (χ1v) is 9.94. The minimum Gasteiger partial charge on any atom is -0.494 e. The Kier molecular flexibility index (Phi) is 6.99. The van der Waals surface area contributed by atoms with E-state index in [2.05, 4.69) is 25.9 Å². The van der Waals surface area contributed by atoms with E-state index in [0.29, 0.717) is 18.2 Å². The number of aromatic nitrogens is 2. The summed E-state index contributed by atoms with van der Waals surface area (Å²) in [5.41, 5.74) is 1.07. The van der Waals surface area contributed by atoms with E-state index in [1.165, 1.54) is 6.92 Å². The predicted octanol–water partition coefficient (Wildman–Crippen LogP) is 2.80. The van der Waals surface area contributed by atoms with E-state index in [4.69, 9.17) is 4.74 Å². The van der Waals surface area contributed by atoms with E-state index in [0.717, 1.165) is 37.1 Å². The number of ether oxygens (including phenoxy) is 1. The van der Waals surface area contributed by atoms with Crippen LogP contribution in [0.2, 0.25) is 0 Å². The molecule has 1 aromatic carbocycles. The van der Waals surface area contributed by atoms with Gasteiger partial charge in [0.15, 0.2) is 0 Å². The summed E-state index contributed by atoms with van der Waals surface area (Å²) in [6.45, 7) is 4.03. The standard InChI is InChI=1S/C21H27N5O3/c1-3-29-18-9-5-8-17(13-18)25-21-22-11-10-19(26-21)20(28)24-16-7-4-6-15(12-16)23-14(2)27/h5,8-11,13,15-16H,3-4,6-7,12H2,1-2H3,(H,23,27)(H,24,28)(H,22,25,26). The topological polar surface area (TPSA) is 105 Å². The van der Waals surface area contributed by atoms with Crippen molar-refractivity contribution in [3.05, 3.63) is 42.2 Å². The molecule has 154 valence electrons. The second-order valence-electron chi connectivity index (χ2n) is 7.09. The molecule has 2 amide bonds. The molecule has 0 radical (unpaired) electrons. The van der Waals surface area contributed by atoms with Crippen LogP contribution in [0.25, 0.3) is 0 Å². The first-order chi connectivity index (χ1) is 14.0. The monoisotopic (exact) mass is 397 g/mol. The van der Waals surface area contributed by atoms with E-state index >= 15 is 0 Å². The molecule has 2 aromatic rings. The highest BCUT2D eigenvalue weighted by Gasteiger charge is 2.24. The third-order valence-electron chi connectivity index (χ3n) is 4.71. The van der Waals surface area contributed by atoms with Crippen molar-refractivity contribution in [3.8, 4) is 5.75 Å². The summed E-state index contributed by atoms with van der Waals surface area (Å²) in [6.07, 6.45) is 5.07. The number of carbonyl (C=O) groups is 2. The minimum absolute atomic E-state index is 0.0161. The van der Waals surface area contributed by atoms with Crippen molar-refractivity contribution in [2.45, 2.75) is 51.6 Å². The Hall–Kier alpha value is -3.16. The average molecular weight is 397 g/mol. The fraction of sp³-hybridized carbons (Fsp3) is 0.429. The Morgan fingerprint density at radius 2 is 1.97 bits per heavy atom. The van der Waals surface area contributed by atoms with Crippen molar-refractivity contribution in [2.75, 3.05) is 11.9 Å². The lowest BCUT2D eigenvalue weighted by molar-refractivity contribution is -0.119. The SMILES string of the molecule is CCOc1cccc(Nc2nccc(C(=O)NC3CCCC(NC(C)=O)C3)n2)c1. The highest BCUT2D eigenvalue weighted by molar-refractivity contribution is 5.92. The van der Waals surface area contributed by atoms with Gasteiger partial charge >= 0.3 is 0 Å². The van der Waals surface area contributed by atoms with E-state index in [9.17, 15) is 9.59 Å². The number of hydrogen-bond donors (Lipinski definition) is 3. The van der Waals surface area contributed by atoms with Crippen LogP contribution in [-0.4, -0.2) is 40.5 Å². The van der Waals surface area contributed by atoms with Crippen LogP contribution in [0, 0.1) is 0 Å². The van der Waals surface area contributed by atoms with Crippen molar-refractivity contribution in [3.63, 3.8) is 0 Å². The van der Waals surface area contributed by atoms with Crippen LogP contribution < -0.4 is 20.7 Å². The van der Waals surface area contributed by atoms with Crippen molar-refractivity contribution in [2.24, 2.45) is 0 Å². The van der Waals surface area contributed by atoms with Gasteiger partial charge in [0, 0.05) is 37.0 Å². The maximum atomic E-state index is 12.6. The van der Waals surface area contributed by atoms with Gasteiger partial charge in [0.25, 0.3) is 5.91 Å². The van der Waals surface area contributed by atoms with Crippen molar-refractivity contribution in [1.29, 1.82) is 0 Å². The molecule has 1 fully saturated rings. The molecule has 2 unspecified atom stereocenters. The molecule has 3 rings (SSSR count). The van der Waals surface area contributed by atoms with Crippen molar-refractivity contribution < 1.29 is 14.3 Å². The number of nitrogens with one attached hydrogen (secondary N) is 3. The molecule has 1 saturated carbocycles. The Labute approximate surface area is 170 Å². The van der Waals surface area contributed by atoms with Gasteiger partial charge < -0.3 is 20.7 Å². The molecule has 0 aliphatic heterocycles. The Morgan fingerprint density at radius 1 is 1.17 bits per heavy atom. The highest BCUT2D eigenvalue weighted by atomic mass is 16.5. The second kappa shape index (κ2) is 9.86. The molecule has 1 aromatic heterocycles. The van der Waals surface area contributed by atoms with Crippen LogP contribution in [0.4, 0.5) is 11.6 Å². The quantitative estimate of drug-likeness (QED) is 0.663. The number of carbonyl (C=O) groups excluding carboxylic acids is 2. The van der Waals surface area contributed by atoms with Gasteiger partial charge in [0.2, 0.25) is 11.9 Å². The lowest BCUT2D eigenvalue weighted by Gasteiger charge is -2.30. The zero-order chi connectivity index (χ0) is 20.6.